The van der Waals surface area contributed by atoms with Crippen molar-refractivity contribution in [3.8, 4) is 0 Å². The molecule has 2 aromatic rings. The van der Waals surface area contributed by atoms with E-state index in [4.69, 9.17) is 4.42 Å². The molecule has 0 saturated heterocycles. The maximum atomic E-state index is 11.7. The van der Waals surface area contributed by atoms with E-state index in [-0.39, 0.29) is 5.76 Å². The Hall–Kier alpha value is -1.55. The molecule has 1 aromatic heterocycles. The molecular formula is C13H18N2O2. The van der Waals surface area contributed by atoms with Gasteiger partial charge < -0.3 is 9.73 Å². The smallest absolute Gasteiger partial charge is 0.408 e. The third-order valence-corrected chi connectivity index (χ3v) is 3.09. The number of aromatic nitrogens is 1. The summed E-state index contributed by atoms with van der Waals surface area (Å²) in [6.45, 7) is 2.85. The quantitative estimate of drug-likeness (QED) is 0.860. The normalized spacial score (nSPS) is 13.1. The van der Waals surface area contributed by atoms with Crippen LogP contribution in [-0.2, 0) is 6.54 Å². The van der Waals surface area contributed by atoms with Crippen molar-refractivity contribution in [3.05, 3.63) is 34.8 Å². The molecule has 1 N–H and O–H groups in total. The molecule has 17 heavy (non-hydrogen) atoms. The van der Waals surface area contributed by atoms with Gasteiger partial charge in [0.1, 0.15) is 0 Å². The summed E-state index contributed by atoms with van der Waals surface area (Å²) in [6.07, 6.45) is 2.01. The number of para-hydroxylation sites is 2. The zero-order chi connectivity index (χ0) is 12.3. The summed E-state index contributed by atoms with van der Waals surface area (Å²) in [5.74, 6) is -0.261. The lowest BCUT2D eigenvalue weighted by atomic mass is 10.2. The Morgan fingerprint density at radius 1 is 1.41 bits per heavy atom. The first-order valence-electron chi connectivity index (χ1n) is 5.98. The van der Waals surface area contributed by atoms with Gasteiger partial charge in [0.05, 0.1) is 5.52 Å². The number of benzene rings is 1. The lowest BCUT2D eigenvalue weighted by molar-refractivity contribution is 0.469. The average Bonchev–Trinajstić information content (AvgIpc) is 2.66. The Labute approximate surface area is 100 Å². The predicted molar refractivity (Wildman–Crippen MR) is 68.2 cm³/mol. The minimum atomic E-state index is -0.261. The number of nitrogens with zero attached hydrogens (tertiary/aromatic N) is 1. The maximum Gasteiger partial charge on any atom is 0.419 e. The van der Waals surface area contributed by atoms with Crippen LogP contribution in [0.2, 0.25) is 0 Å². The van der Waals surface area contributed by atoms with Crippen molar-refractivity contribution in [2.24, 2.45) is 0 Å². The lowest BCUT2D eigenvalue weighted by Gasteiger charge is -2.09. The van der Waals surface area contributed by atoms with Crippen molar-refractivity contribution in [2.45, 2.75) is 32.4 Å². The molecule has 92 valence electrons. The van der Waals surface area contributed by atoms with Crippen LogP contribution in [0.1, 0.15) is 19.8 Å². The van der Waals surface area contributed by atoms with Crippen molar-refractivity contribution >= 4 is 11.1 Å². The summed E-state index contributed by atoms with van der Waals surface area (Å²) in [5, 5.41) is 3.19. The molecule has 2 rings (SSSR count). The third kappa shape index (κ3) is 2.58. The van der Waals surface area contributed by atoms with Gasteiger partial charge in [-0.2, -0.15) is 0 Å². The van der Waals surface area contributed by atoms with E-state index in [9.17, 15) is 4.79 Å². The number of nitrogens with one attached hydrogen (secondary N) is 1. The highest BCUT2D eigenvalue weighted by Gasteiger charge is 2.08. The average molecular weight is 234 g/mol. The molecule has 0 aliphatic carbocycles. The van der Waals surface area contributed by atoms with Gasteiger partial charge in [0.25, 0.3) is 0 Å². The number of oxazole rings is 1. The molecule has 0 fully saturated rings. The molecule has 0 aliphatic heterocycles. The van der Waals surface area contributed by atoms with Gasteiger partial charge in [-0.05, 0) is 38.9 Å². The van der Waals surface area contributed by atoms with Gasteiger partial charge >= 0.3 is 5.76 Å². The SMILES string of the molecule is CNC(C)CCCn1c(=O)oc2ccccc21. The van der Waals surface area contributed by atoms with Gasteiger partial charge in [-0.3, -0.25) is 4.57 Å². The predicted octanol–water partition coefficient (Wildman–Crippen LogP) is 1.98. The van der Waals surface area contributed by atoms with Crippen LogP contribution in [0.5, 0.6) is 0 Å². The second-order valence-electron chi connectivity index (χ2n) is 4.32. The topological polar surface area (TPSA) is 47.2 Å². The minimum Gasteiger partial charge on any atom is -0.408 e. The molecule has 1 atom stereocenters. The first-order chi connectivity index (χ1) is 8.22. The standard InChI is InChI=1S/C13H18N2O2/c1-10(14-2)6-5-9-15-11-7-3-4-8-12(11)17-13(15)16/h3-4,7-8,10,14H,5-6,9H2,1-2H3. The molecule has 0 bridgehead atoms. The van der Waals surface area contributed by atoms with E-state index in [2.05, 4.69) is 12.2 Å². The molecule has 1 aromatic carbocycles. The van der Waals surface area contributed by atoms with Crippen molar-refractivity contribution in [2.75, 3.05) is 7.05 Å². The molecule has 1 heterocycles. The zero-order valence-electron chi connectivity index (χ0n) is 10.3. The molecule has 0 amide bonds. The van der Waals surface area contributed by atoms with Crippen LogP contribution in [0.15, 0.2) is 33.5 Å². The molecule has 4 heteroatoms. The molecule has 0 radical (unpaired) electrons. The van der Waals surface area contributed by atoms with Gasteiger partial charge in [0.15, 0.2) is 5.58 Å². The van der Waals surface area contributed by atoms with Gasteiger partial charge in [-0.1, -0.05) is 12.1 Å². The van der Waals surface area contributed by atoms with Crippen LogP contribution in [0.25, 0.3) is 11.1 Å². The van der Waals surface area contributed by atoms with Crippen molar-refractivity contribution in [1.82, 2.24) is 9.88 Å². The van der Waals surface area contributed by atoms with Crippen molar-refractivity contribution in [1.29, 1.82) is 0 Å². The van der Waals surface area contributed by atoms with Crippen molar-refractivity contribution in [3.63, 3.8) is 0 Å². The van der Waals surface area contributed by atoms with Crippen LogP contribution >= 0.6 is 0 Å². The summed E-state index contributed by atoms with van der Waals surface area (Å²) in [5.41, 5.74) is 1.55. The largest absolute Gasteiger partial charge is 0.419 e. The molecule has 1 unspecified atom stereocenters. The van der Waals surface area contributed by atoms with E-state index in [1.54, 1.807) is 4.57 Å². The highest BCUT2D eigenvalue weighted by Crippen LogP contribution is 2.12. The first-order valence-corrected chi connectivity index (χ1v) is 5.98. The number of fused-ring (bicyclic) bond motifs is 1. The van der Waals surface area contributed by atoms with Gasteiger partial charge in [0.2, 0.25) is 0 Å². The first kappa shape index (κ1) is 11.9. The Bertz CT molecular complexity index is 542. The molecule has 0 aliphatic rings. The number of hydrogen-bond donors (Lipinski definition) is 1. The highest BCUT2D eigenvalue weighted by molar-refractivity contribution is 5.72. The summed E-state index contributed by atoms with van der Waals surface area (Å²) in [7, 11) is 1.95. The van der Waals surface area contributed by atoms with Crippen molar-refractivity contribution < 1.29 is 4.42 Å². The molecular weight excluding hydrogens is 216 g/mol. The highest BCUT2D eigenvalue weighted by atomic mass is 16.4. The van der Waals surface area contributed by atoms with Gasteiger partial charge in [-0.15, -0.1) is 0 Å². The van der Waals surface area contributed by atoms with Crippen LogP contribution in [-0.4, -0.2) is 17.7 Å². The molecule has 0 saturated carbocycles. The Kier molecular flexibility index (Phi) is 3.64. The second-order valence-corrected chi connectivity index (χ2v) is 4.32. The van der Waals surface area contributed by atoms with E-state index in [0.717, 1.165) is 18.4 Å². The minimum absolute atomic E-state index is 0.261. The zero-order valence-corrected chi connectivity index (χ0v) is 10.3. The fourth-order valence-electron chi connectivity index (χ4n) is 1.93. The fourth-order valence-corrected chi connectivity index (χ4v) is 1.93. The Morgan fingerprint density at radius 2 is 2.18 bits per heavy atom. The fraction of sp³-hybridized carbons (Fsp3) is 0.462. The van der Waals surface area contributed by atoms with Crippen LogP contribution in [0.4, 0.5) is 0 Å². The van der Waals surface area contributed by atoms with E-state index in [1.165, 1.54) is 0 Å². The Morgan fingerprint density at radius 3 is 2.94 bits per heavy atom. The van der Waals surface area contributed by atoms with Crippen LogP contribution in [0, 0.1) is 0 Å². The van der Waals surface area contributed by atoms with E-state index in [1.807, 2.05) is 31.3 Å². The third-order valence-electron chi connectivity index (χ3n) is 3.09. The van der Waals surface area contributed by atoms with Crippen LogP contribution in [0.3, 0.4) is 0 Å². The van der Waals surface area contributed by atoms with Gasteiger partial charge in [0, 0.05) is 12.6 Å². The summed E-state index contributed by atoms with van der Waals surface area (Å²) in [4.78, 5) is 11.7. The molecule has 4 nitrogen and oxygen atoms in total. The van der Waals surface area contributed by atoms with E-state index < -0.39 is 0 Å². The molecule has 0 spiro atoms. The summed E-state index contributed by atoms with van der Waals surface area (Å²) >= 11 is 0. The second kappa shape index (κ2) is 5.19. The number of hydrogen-bond acceptors (Lipinski definition) is 3. The summed E-state index contributed by atoms with van der Waals surface area (Å²) < 4.78 is 6.88. The Balaban J connectivity index is 2.13. The lowest BCUT2D eigenvalue weighted by Crippen LogP contribution is -2.22. The van der Waals surface area contributed by atoms with E-state index >= 15 is 0 Å². The summed E-state index contributed by atoms with van der Waals surface area (Å²) in [6, 6.07) is 8.01. The number of rotatable bonds is 5. The van der Waals surface area contributed by atoms with E-state index in [0.29, 0.717) is 18.2 Å². The van der Waals surface area contributed by atoms with Gasteiger partial charge in [-0.25, -0.2) is 4.79 Å². The monoisotopic (exact) mass is 234 g/mol. The number of aryl methyl sites for hydroxylation is 1. The maximum absolute atomic E-state index is 11.7. The van der Waals surface area contributed by atoms with Crippen LogP contribution < -0.4 is 11.1 Å².